The highest BCUT2D eigenvalue weighted by Gasteiger charge is 2.22. The second kappa shape index (κ2) is 6.01. The van der Waals surface area contributed by atoms with Gasteiger partial charge in [-0.3, -0.25) is 0 Å². The number of rotatable bonds is 6. The number of ether oxygens (including phenoxy) is 1. The zero-order valence-corrected chi connectivity index (χ0v) is 12.2. The van der Waals surface area contributed by atoms with E-state index < -0.39 is 0 Å². The standard InChI is InChI=1S/C20H20O/c1-3-8-16(9-4-2)21-20-13-7-12-18-17-11-6-5-10-15(17)14-19(18)20/h3-7,10-13,16H,1-2,8-9,14H2. The molecule has 1 aliphatic carbocycles. The van der Waals surface area contributed by atoms with Crippen molar-refractivity contribution in [1.29, 1.82) is 0 Å². The topological polar surface area (TPSA) is 9.23 Å². The van der Waals surface area contributed by atoms with E-state index >= 15 is 0 Å². The molecule has 0 fully saturated rings. The molecule has 0 aliphatic heterocycles. The molecule has 2 aromatic carbocycles. The van der Waals surface area contributed by atoms with Crippen LogP contribution < -0.4 is 4.74 Å². The maximum Gasteiger partial charge on any atom is 0.123 e. The zero-order chi connectivity index (χ0) is 14.7. The lowest BCUT2D eigenvalue weighted by Crippen LogP contribution is -2.15. The monoisotopic (exact) mass is 276 g/mol. The Hall–Kier alpha value is -2.28. The van der Waals surface area contributed by atoms with Crippen LogP contribution in [0.2, 0.25) is 0 Å². The molecular weight excluding hydrogens is 256 g/mol. The zero-order valence-electron chi connectivity index (χ0n) is 12.2. The highest BCUT2D eigenvalue weighted by atomic mass is 16.5. The average Bonchev–Trinajstić information content (AvgIpc) is 2.88. The average molecular weight is 276 g/mol. The fraction of sp³-hybridized carbons (Fsp3) is 0.200. The lowest BCUT2D eigenvalue weighted by atomic mass is 10.1. The lowest BCUT2D eigenvalue weighted by Gasteiger charge is -2.18. The van der Waals surface area contributed by atoms with Crippen molar-refractivity contribution in [3.63, 3.8) is 0 Å². The second-order valence-electron chi connectivity index (χ2n) is 5.40. The quantitative estimate of drug-likeness (QED) is 0.565. The Morgan fingerprint density at radius 3 is 2.43 bits per heavy atom. The van der Waals surface area contributed by atoms with Gasteiger partial charge < -0.3 is 4.74 Å². The Balaban J connectivity index is 1.92. The molecule has 106 valence electrons. The van der Waals surface area contributed by atoms with Crippen molar-refractivity contribution in [2.24, 2.45) is 0 Å². The van der Waals surface area contributed by atoms with Crippen LogP contribution in [-0.2, 0) is 6.42 Å². The number of fused-ring (bicyclic) bond motifs is 3. The van der Waals surface area contributed by atoms with E-state index in [1.165, 1.54) is 22.3 Å². The summed E-state index contributed by atoms with van der Waals surface area (Å²) in [7, 11) is 0. The Morgan fingerprint density at radius 2 is 1.67 bits per heavy atom. The van der Waals surface area contributed by atoms with Gasteiger partial charge >= 0.3 is 0 Å². The first kappa shape index (κ1) is 13.7. The molecule has 0 N–H and O–H groups in total. The summed E-state index contributed by atoms with van der Waals surface area (Å²) in [6.07, 6.45) is 6.57. The van der Waals surface area contributed by atoms with Gasteiger partial charge in [-0.05, 0) is 22.8 Å². The van der Waals surface area contributed by atoms with Crippen molar-refractivity contribution < 1.29 is 4.74 Å². The van der Waals surface area contributed by atoms with Gasteiger partial charge in [-0.2, -0.15) is 0 Å². The van der Waals surface area contributed by atoms with E-state index in [1.54, 1.807) is 0 Å². The number of hydrogen-bond donors (Lipinski definition) is 0. The van der Waals surface area contributed by atoms with Gasteiger partial charge in [-0.25, -0.2) is 0 Å². The predicted molar refractivity (Wildman–Crippen MR) is 88.7 cm³/mol. The Labute approximate surface area is 126 Å². The van der Waals surface area contributed by atoms with Crippen molar-refractivity contribution >= 4 is 0 Å². The molecule has 1 heteroatoms. The fourth-order valence-corrected chi connectivity index (χ4v) is 2.98. The summed E-state index contributed by atoms with van der Waals surface area (Å²) in [6, 6.07) is 14.9. The molecule has 0 unspecified atom stereocenters. The van der Waals surface area contributed by atoms with Gasteiger partial charge in [-0.15, -0.1) is 13.2 Å². The largest absolute Gasteiger partial charge is 0.489 e. The van der Waals surface area contributed by atoms with Crippen molar-refractivity contribution in [3.05, 3.63) is 78.9 Å². The van der Waals surface area contributed by atoms with E-state index in [0.717, 1.165) is 25.0 Å². The smallest absolute Gasteiger partial charge is 0.123 e. The first-order valence-electron chi connectivity index (χ1n) is 7.42. The molecule has 21 heavy (non-hydrogen) atoms. The van der Waals surface area contributed by atoms with Crippen molar-refractivity contribution in [2.75, 3.05) is 0 Å². The van der Waals surface area contributed by atoms with Crippen LogP contribution in [0, 0.1) is 0 Å². The summed E-state index contributed by atoms with van der Waals surface area (Å²) in [6.45, 7) is 7.63. The van der Waals surface area contributed by atoms with Crippen molar-refractivity contribution in [2.45, 2.75) is 25.4 Å². The fourth-order valence-electron chi connectivity index (χ4n) is 2.98. The molecule has 2 aromatic rings. The molecule has 3 rings (SSSR count). The summed E-state index contributed by atoms with van der Waals surface area (Å²) in [5.74, 6) is 0.998. The SMILES string of the molecule is C=CCC(CC=C)Oc1cccc2c1Cc1ccccc1-2. The maximum atomic E-state index is 6.23. The van der Waals surface area contributed by atoms with Gasteiger partial charge in [0.25, 0.3) is 0 Å². The molecule has 0 saturated carbocycles. The molecule has 0 heterocycles. The third kappa shape index (κ3) is 2.64. The minimum absolute atomic E-state index is 0.121. The normalized spacial score (nSPS) is 11.9. The van der Waals surface area contributed by atoms with Gasteiger partial charge in [0, 0.05) is 24.8 Å². The summed E-state index contributed by atoms with van der Waals surface area (Å²) in [5, 5.41) is 0. The van der Waals surface area contributed by atoms with Crippen LogP contribution in [0.5, 0.6) is 5.75 Å². The molecule has 1 aliphatic rings. The highest BCUT2D eigenvalue weighted by molar-refractivity contribution is 5.78. The van der Waals surface area contributed by atoms with Crippen LogP contribution in [0.1, 0.15) is 24.0 Å². The van der Waals surface area contributed by atoms with Crippen LogP contribution in [0.15, 0.2) is 67.8 Å². The van der Waals surface area contributed by atoms with E-state index in [2.05, 4.69) is 55.6 Å². The number of hydrogen-bond acceptors (Lipinski definition) is 1. The van der Waals surface area contributed by atoms with E-state index in [1.807, 2.05) is 12.2 Å². The van der Waals surface area contributed by atoms with Gasteiger partial charge in [-0.1, -0.05) is 48.6 Å². The van der Waals surface area contributed by atoms with Crippen molar-refractivity contribution in [3.8, 4) is 16.9 Å². The highest BCUT2D eigenvalue weighted by Crippen LogP contribution is 2.41. The molecular formula is C20H20O. The third-order valence-electron chi connectivity index (χ3n) is 3.96. The molecule has 0 atom stereocenters. The van der Waals surface area contributed by atoms with Crippen molar-refractivity contribution in [1.82, 2.24) is 0 Å². The van der Waals surface area contributed by atoms with Crippen LogP contribution in [0.3, 0.4) is 0 Å². The summed E-state index contributed by atoms with van der Waals surface area (Å²) in [4.78, 5) is 0. The summed E-state index contributed by atoms with van der Waals surface area (Å²) in [5.41, 5.74) is 5.32. The van der Waals surface area contributed by atoms with Crippen LogP contribution in [0.25, 0.3) is 11.1 Å². The maximum absolute atomic E-state index is 6.23. The minimum Gasteiger partial charge on any atom is -0.489 e. The Kier molecular flexibility index (Phi) is 3.92. The molecule has 0 saturated heterocycles. The Bertz CT molecular complexity index is 659. The summed E-state index contributed by atoms with van der Waals surface area (Å²) < 4.78 is 6.23. The minimum atomic E-state index is 0.121. The molecule has 1 nitrogen and oxygen atoms in total. The van der Waals surface area contributed by atoms with Crippen LogP contribution in [0.4, 0.5) is 0 Å². The summed E-state index contributed by atoms with van der Waals surface area (Å²) >= 11 is 0. The third-order valence-corrected chi connectivity index (χ3v) is 3.96. The molecule has 0 bridgehead atoms. The number of benzene rings is 2. The van der Waals surface area contributed by atoms with E-state index in [-0.39, 0.29) is 6.10 Å². The van der Waals surface area contributed by atoms with E-state index in [0.29, 0.717) is 0 Å². The van der Waals surface area contributed by atoms with Gasteiger partial charge in [0.05, 0.1) is 0 Å². The molecule has 0 spiro atoms. The van der Waals surface area contributed by atoms with Crippen LogP contribution in [-0.4, -0.2) is 6.10 Å². The van der Waals surface area contributed by atoms with Crippen LogP contribution >= 0.6 is 0 Å². The van der Waals surface area contributed by atoms with E-state index in [9.17, 15) is 0 Å². The molecule has 0 radical (unpaired) electrons. The Morgan fingerprint density at radius 1 is 0.952 bits per heavy atom. The second-order valence-corrected chi connectivity index (χ2v) is 5.40. The predicted octanol–water partition coefficient (Wildman–Crippen LogP) is 5.16. The molecule has 0 amide bonds. The molecule has 0 aromatic heterocycles. The first-order valence-corrected chi connectivity index (χ1v) is 7.42. The van der Waals surface area contributed by atoms with Gasteiger partial charge in [0.15, 0.2) is 0 Å². The van der Waals surface area contributed by atoms with Gasteiger partial charge in [0.1, 0.15) is 11.9 Å². The van der Waals surface area contributed by atoms with Gasteiger partial charge in [0.2, 0.25) is 0 Å². The first-order chi connectivity index (χ1) is 10.3. The van der Waals surface area contributed by atoms with E-state index in [4.69, 9.17) is 4.74 Å². The lowest BCUT2D eigenvalue weighted by molar-refractivity contribution is 0.207.